The summed E-state index contributed by atoms with van der Waals surface area (Å²) >= 11 is 0. The molecule has 0 bridgehead atoms. The van der Waals surface area contributed by atoms with Crippen LogP contribution >= 0.6 is 0 Å². The summed E-state index contributed by atoms with van der Waals surface area (Å²) in [5.74, 6) is 0.396. The van der Waals surface area contributed by atoms with Crippen molar-refractivity contribution in [2.24, 2.45) is 21.5 Å². The van der Waals surface area contributed by atoms with Crippen molar-refractivity contribution in [2.75, 3.05) is 19.0 Å². The number of nitrogens with zero attached hydrogens (tertiary/aromatic N) is 3. The largest absolute Gasteiger partial charge is 0.470 e. The smallest absolute Gasteiger partial charge is 0.218 e. The fraction of sp³-hybridized carbons (Fsp3) is 0.250. The number of nitrogens with two attached hydrogens (primary N) is 2. The van der Waals surface area contributed by atoms with Crippen molar-refractivity contribution in [3.8, 4) is 0 Å². The molecule has 14 heavy (non-hydrogen) atoms. The third-order valence-corrected chi connectivity index (χ3v) is 1.70. The van der Waals surface area contributed by atoms with Gasteiger partial charge in [-0.05, 0) is 0 Å². The van der Waals surface area contributed by atoms with Crippen LogP contribution in [0.1, 0.15) is 0 Å². The molecule has 0 fully saturated rings. The van der Waals surface area contributed by atoms with Crippen molar-refractivity contribution >= 4 is 17.6 Å². The van der Waals surface area contributed by atoms with Crippen molar-refractivity contribution < 1.29 is 4.42 Å². The summed E-state index contributed by atoms with van der Waals surface area (Å²) in [6.45, 7) is 0. The molecule has 0 unspecified atom stereocenters. The molecular formula is C8H13N5O. The third kappa shape index (κ3) is 2.25. The zero-order valence-electron chi connectivity index (χ0n) is 8.14. The first-order chi connectivity index (χ1) is 6.65. The first-order valence-corrected chi connectivity index (χ1v) is 3.97. The molecular weight excluding hydrogens is 182 g/mol. The zero-order chi connectivity index (χ0) is 10.6. The lowest BCUT2D eigenvalue weighted by Crippen LogP contribution is -2.35. The predicted octanol–water partition coefficient (Wildman–Crippen LogP) is -0.0250. The molecule has 0 saturated carbocycles. The Kier molecular flexibility index (Phi) is 3.11. The molecule has 1 heterocycles. The highest BCUT2D eigenvalue weighted by atomic mass is 16.3. The predicted molar refractivity (Wildman–Crippen MR) is 56.3 cm³/mol. The lowest BCUT2D eigenvalue weighted by molar-refractivity contribution is 0.567. The highest BCUT2D eigenvalue weighted by Gasteiger charge is 2.05. The van der Waals surface area contributed by atoms with Gasteiger partial charge in [0.1, 0.15) is 6.26 Å². The van der Waals surface area contributed by atoms with Crippen molar-refractivity contribution in [1.29, 1.82) is 0 Å². The van der Waals surface area contributed by atoms with Gasteiger partial charge in [-0.1, -0.05) is 0 Å². The molecule has 0 aliphatic heterocycles. The lowest BCUT2D eigenvalue weighted by atomic mass is 10.5. The van der Waals surface area contributed by atoms with Gasteiger partial charge in [0.15, 0.2) is 0 Å². The van der Waals surface area contributed by atoms with Gasteiger partial charge in [0, 0.05) is 20.2 Å². The lowest BCUT2D eigenvalue weighted by Gasteiger charge is -2.14. The Balaban J connectivity index is 2.80. The summed E-state index contributed by atoms with van der Waals surface area (Å²) in [6, 6.07) is 1.77. The Morgan fingerprint density at radius 2 is 2.21 bits per heavy atom. The Morgan fingerprint density at radius 3 is 2.71 bits per heavy atom. The zero-order valence-corrected chi connectivity index (χ0v) is 8.14. The standard InChI is InChI=1S/C8H13N5O/c1-11-7(9)12-8(10)13(2)6-3-4-14-5-6/h3-5H,1-2H3,(H4,9,10,11,12). The average Bonchev–Trinajstić information content (AvgIpc) is 2.69. The Hall–Kier alpha value is -1.98. The van der Waals surface area contributed by atoms with Crippen molar-refractivity contribution in [2.45, 2.75) is 0 Å². The second-order valence-electron chi connectivity index (χ2n) is 2.59. The van der Waals surface area contributed by atoms with Gasteiger partial charge >= 0.3 is 0 Å². The van der Waals surface area contributed by atoms with E-state index in [-0.39, 0.29) is 11.9 Å². The van der Waals surface area contributed by atoms with Crippen molar-refractivity contribution in [1.82, 2.24) is 0 Å². The molecule has 6 heteroatoms. The van der Waals surface area contributed by atoms with Crippen LogP contribution in [0, 0.1) is 0 Å². The molecule has 4 N–H and O–H groups in total. The van der Waals surface area contributed by atoms with Gasteiger partial charge < -0.3 is 20.8 Å². The van der Waals surface area contributed by atoms with Crippen LogP contribution in [-0.2, 0) is 0 Å². The van der Waals surface area contributed by atoms with E-state index >= 15 is 0 Å². The molecule has 0 spiro atoms. The molecule has 1 aromatic heterocycles. The molecule has 0 radical (unpaired) electrons. The van der Waals surface area contributed by atoms with Crippen molar-refractivity contribution in [3.05, 3.63) is 18.6 Å². The number of guanidine groups is 2. The van der Waals surface area contributed by atoms with Gasteiger partial charge in [-0.15, -0.1) is 0 Å². The van der Waals surface area contributed by atoms with Crippen LogP contribution in [0.3, 0.4) is 0 Å². The number of aliphatic imine (C=N–C) groups is 2. The highest BCUT2D eigenvalue weighted by Crippen LogP contribution is 2.11. The first kappa shape index (κ1) is 10.1. The highest BCUT2D eigenvalue weighted by molar-refractivity contribution is 6.01. The summed E-state index contributed by atoms with van der Waals surface area (Å²) < 4.78 is 4.90. The van der Waals surface area contributed by atoms with Crippen LogP contribution in [-0.4, -0.2) is 26.0 Å². The fourth-order valence-electron chi connectivity index (χ4n) is 0.823. The molecule has 0 aromatic carbocycles. The van der Waals surface area contributed by atoms with Gasteiger partial charge in [-0.25, -0.2) is 0 Å². The van der Waals surface area contributed by atoms with Crippen LogP contribution in [0.25, 0.3) is 0 Å². The minimum absolute atomic E-state index is 0.137. The fourth-order valence-corrected chi connectivity index (χ4v) is 0.823. The number of hydrogen-bond donors (Lipinski definition) is 2. The maximum Gasteiger partial charge on any atom is 0.218 e. The molecule has 1 aromatic rings. The first-order valence-electron chi connectivity index (χ1n) is 3.97. The van der Waals surface area contributed by atoms with E-state index in [1.165, 1.54) is 0 Å². The molecule has 76 valence electrons. The maximum atomic E-state index is 5.66. The molecule has 0 aliphatic carbocycles. The van der Waals surface area contributed by atoms with Crippen molar-refractivity contribution in [3.63, 3.8) is 0 Å². The Bertz CT molecular complexity index is 341. The van der Waals surface area contributed by atoms with E-state index in [2.05, 4.69) is 9.98 Å². The van der Waals surface area contributed by atoms with E-state index in [9.17, 15) is 0 Å². The second-order valence-corrected chi connectivity index (χ2v) is 2.59. The molecule has 6 nitrogen and oxygen atoms in total. The summed E-state index contributed by atoms with van der Waals surface area (Å²) in [6.07, 6.45) is 3.11. The van der Waals surface area contributed by atoms with Crippen LogP contribution < -0.4 is 16.4 Å². The summed E-state index contributed by atoms with van der Waals surface area (Å²) in [5, 5.41) is 0. The average molecular weight is 195 g/mol. The Morgan fingerprint density at radius 1 is 1.50 bits per heavy atom. The normalized spacial score (nSPS) is 13.0. The van der Waals surface area contributed by atoms with Gasteiger partial charge in [0.2, 0.25) is 11.9 Å². The molecule has 0 aliphatic rings. The van der Waals surface area contributed by atoms with Crippen LogP contribution in [0.15, 0.2) is 33.0 Å². The molecule has 0 atom stereocenters. The third-order valence-electron chi connectivity index (χ3n) is 1.70. The van der Waals surface area contributed by atoms with Gasteiger partial charge in [0.25, 0.3) is 0 Å². The van der Waals surface area contributed by atoms with Crippen LogP contribution in [0.4, 0.5) is 5.69 Å². The minimum atomic E-state index is 0.137. The SMILES string of the molecule is CN=C(N)N=C(N)N(C)c1ccoc1. The number of anilines is 1. The summed E-state index contributed by atoms with van der Waals surface area (Å²) in [4.78, 5) is 9.17. The van der Waals surface area contributed by atoms with E-state index < -0.39 is 0 Å². The molecule has 0 saturated heterocycles. The molecule has 1 rings (SSSR count). The number of rotatable bonds is 1. The monoisotopic (exact) mass is 195 g/mol. The second kappa shape index (κ2) is 4.31. The van der Waals surface area contributed by atoms with E-state index in [4.69, 9.17) is 15.9 Å². The van der Waals surface area contributed by atoms with Crippen LogP contribution in [0.2, 0.25) is 0 Å². The quantitative estimate of drug-likeness (QED) is 0.486. The van der Waals surface area contributed by atoms with Gasteiger partial charge in [-0.3, -0.25) is 4.99 Å². The van der Waals surface area contributed by atoms with Gasteiger partial charge in [0.05, 0.1) is 12.0 Å². The molecule has 0 amide bonds. The van der Waals surface area contributed by atoms with E-state index in [0.717, 1.165) is 5.69 Å². The van der Waals surface area contributed by atoms with E-state index in [1.54, 1.807) is 37.6 Å². The van der Waals surface area contributed by atoms with Gasteiger partial charge in [-0.2, -0.15) is 4.99 Å². The minimum Gasteiger partial charge on any atom is -0.470 e. The maximum absolute atomic E-state index is 5.66. The van der Waals surface area contributed by atoms with E-state index in [0.29, 0.717) is 0 Å². The number of furan rings is 1. The summed E-state index contributed by atoms with van der Waals surface area (Å²) in [7, 11) is 3.30. The van der Waals surface area contributed by atoms with E-state index in [1.807, 2.05) is 0 Å². The van der Waals surface area contributed by atoms with Crippen LogP contribution in [0.5, 0.6) is 0 Å². The topological polar surface area (TPSA) is 93.1 Å². The Labute approximate surface area is 81.9 Å². The number of hydrogen-bond acceptors (Lipinski definition) is 2. The summed E-state index contributed by atoms with van der Waals surface area (Å²) in [5.41, 5.74) is 11.9.